The summed E-state index contributed by atoms with van der Waals surface area (Å²) in [4.78, 5) is 31.5. The van der Waals surface area contributed by atoms with Crippen molar-refractivity contribution in [2.75, 3.05) is 19.3 Å². The molecule has 0 aromatic carbocycles. The van der Waals surface area contributed by atoms with Crippen LogP contribution >= 0.6 is 0 Å². The molecule has 2 N–H and O–H groups in total. The summed E-state index contributed by atoms with van der Waals surface area (Å²) < 4.78 is 25.9. The third-order valence-corrected chi connectivity index (χ3v) is 1.57. The van der Waals surface area contributed by atoms with Crippen molar-refractivity contribution in [3.05, 3.63) is 0 Å². The predicted octanol–water partition coefficient (Wildman–Crippen LogP) is -13.2. The average Bonchev–Trinajstić information content (AvgIpc) is 2.10. The van der Waals surface area contributed by atoms with Crippen LogP contribution < -0.4 is 98.9 Å². The fourth-order valence-corrected chi connectivity index (χ4v) is 0.818. The molecule has 0 amide bonds. The van der Waals surface area contributed by atoms with Gasteiger partial charge in [-0.2, -0.15) is 8.42 Å². The number of hydrogen-bond acceptors (Lipinski definition) is 8. The number of carbonyl (C=O) groups excluding carboxylic acids is 2. The first kappa shape index (κ1) is 34.6. The van der Waals surface area contributed by atoms with Gasteiger partial charge in [0.1, 0.15) is 6.04 Å². The number of rotatable bonds is 6. The number of aliphatic carboxylic acids is 3. The van der Waals surface area contributed by atoms with Gasteiger partial charge in [0.2, 0.25) is 0 Å². The van der Waals surface area contributed by atoms with Crippen LogP contribution in [0.5, 0.6) is 0 Å². The molecule has 0 aliphatic carbocycles. The summed E-state index contributed by atoms with van der Waals surface area (Å²) in [5.74, 6) is -4.40. The molecule has 0 bridgehead atoms. The van der Waals surface area contributed by atoms with Gasteiger partial charge in [-0.05, 0) is 6.92 Å². The number of carboxylic acid groups (broad SMARTS) is 3. The smallest absolute Gasteiger partial charge is 0.549 e. The second kappa shape index (κ2) is 17.1. The van der Waals surface area contributed by atoms with E-state index < -0.39 is 47.2 Å². The molecule has 0 spiro atoms. The molecular weight excluding hydrogens is 355 g/mol. The van der Waals surface area contributed by atoms with Crippen molar-refractivity contribution in [3.8, 4) is 0 Å². The quantitative estimate of drug-likeness (QED) is 0.338. The van der Waals surface area contributed by atoms with E-state index in [-0.39, 0.29) is 88.7 Å². The van der Waals surface area contributed by atoms with Gasteiger partial charge in [0, 0.05) is 13.1 Å². The van der Waals surface area contributed by atoms with Crippen LogP contribution in [0.25, 0.3) is 0 Å². The molecule has 112 valence electrons. The van der Waals surface area contributed by atoms with Crippen LogP contribution in [0.2, 0.25) is 0 Å². The van der Waals surface area contributed by atoms with Crippen LogP contribution in [0.15, 0.2) is 0 Å². The van der Waals surface area contributed by atoms with Gasteiger partial charge in [0.15, 0.2) is 0 Å². The summed E-state index contributed by atoms with van der Waals surface area (Å²) in [5.41, 5.74) is 0. The molecule has 0 saturated heterocycles. The van der Waals surface area contributed by atoms with Gasteiger partial charge in [0.05, 0.1) is 18.2 Å². The molecule has 0 saturated carbocycles. The van der Waals surface area contributed by atoms with E-state index >= 15 is 0 Å². The van der Waals surface area contributed by atoms with Crippen molar-refractivity contribution in [1.29, 1.82) is 0 Å². The maximum Gasteiger partial charge on any atom is 1.00 e. The Bertz CT molecular complexity index is 418. The molecule has 1 unspecified atom stereocenters. The third-order valence-electron chi connectivity index (χ3n) is 1.57. The normalized spacial score (nSPS) is 10.5. The molecule has 1 atom stereocenters. The Morgan fingerprint density at radius 2 is 1.27 bits per heavy atom. The zero-order chi connectivity index (χ0) is 15.8. The first-order chi connectivity index (χ1) is 8.34. The molecule has 0 fully saturated rings. The fraction of sp³-hybridized carbons (Fsp3) is 0.625. The Morgan fingerprint density at radius 3 is 1.41 bits per heavy atom. The Morgan fingerprint density at radius 1 is 1.05 bits per heavy atom. The number of hydrogen-bond donors (Lipinski definition) is 2. The molecule has 0 aromatic heterocycles. The van der Waals surface area contributed by atoms with Crippen molar-refractivity contribution in [1.82, 2.24) is 4.90 Å². The van der Waals surface area contributed by atoms with E-state index in [1.165, 1.54) is 6.92 Å². The van der Waals surface area contributed by atoms with E-state index in [1.54, 1.807) is 0 Å². The van der Waals surface area contributed by atoms with Gasteiger partial charge in [-0.15, -0.1) is 0 Å². The molecule has 14 heteroatoms. The van der Waals surface area contributed by atoms with Crippen molar-refractivity contribution in [3.63, 3.8) is 0 Å². The second-order valence-corrected chi connectivity index (χ2v) is 4.86. The van der Waals surface area contributed by atoms with Crippen molar-refractivity contribution < 1.29 is 131 Å². The zero-order valence-corrected chi connectivity index (χ0v) is 19.9. The van der Waals surface area contributed by atoms with E-state index in [4.69, 9.17) is 9.66 Å². The molecule has 0 aliphatic heterocycles. The van der Waals surface area contributed by atoms with Gasteiger partial charge in [-0.1, -0.05) is 0 Å². The molecule has 0 aromatic rings. The molecule has 0 radical (unpaired) electrons. The summed E-state index contributed by atoms with van der Waals surface area (Å²) in [6.45, 7) is -0.350. The molecule has 10 nitrogen and oxygen atoms in total. The van der Waals surface area contributed by atoms with Crippen LogP contribution in [0, 0.1) is 0 Å². The predicted molar refractivity (Wildman–Crippen MR) is 56.2 cm³/mol. The maximum absolute atomic E-state index is 10.4. The van der Waals surface area contributed by atoms with Crippen molar-refractivity contribution in [2.24, 2.45) is 0 Å². The molecule has 0 rings (SSSR count). The Labute approximate surface area is 194 Å². The zero-order valence-electron chi connectivity index (χ0n) is 13.1. The van der Waals surface area contributed by atoms with Crippen LogP contribution in [-0.4, -0.2) is 66.3 Å². The first-order valence-corrected chi connectivity index (χ1v) is 6.48. The van der Waals surface area contributed by atoms with E-state index in [9.17, 15) is 33.0 Å². The Balaban J connectivity index is -0.000000105. The molecule has 0 aliphatic rings. The van der Waals surface area contributed by atoms with Crippen molar-refractivity contribution in [2.45, 2.75) is 13.0 Å². The summed E-state index contributed by atoms with van der Waals surface area (Å²) >= 11 is 0. The number of nitrogens with zero attached hydrogens (tertiary/aromatic N) is 1. The number of carbonyl (C=O) groups is 3. The standard InChI is InChI=1S/C7H11NO6.CH4O3S.3Na/c1-4(7(13)14)8(2-5(9)10)3-6(11)12;1-5(2,3)4;;;/h4H,2-3H2,1H3,(H,9,10)(H,11,12)(H,13,14);1H3,(H,2,3,4);;;/q;;3*+1/p-2. The summed E-state index contributed by atoms with van der Waals surface area (Å²) in [7, 11) is -3.67. The van der Waals surface area contributed by atoms with Crippen LogP contribution in [0.1, 0.15) is 6.92 Å². The van der Waals surface area contributed by atoms with Crippen LogP contribution in [-0.2, 0) is 24.5 Å². The minimum Gasteiger partial charge on any atom is -0.549 e. The van der Waals surface area contributed by atoms with Gasteiger partial charge in [-0.25, -0.2) is 0 Å². The van der Waals surface area contributed by atoms with Gasteiger partial charge >= 0.3 is 94.6 Å². The maximum atomic E-state index is 10.4. The second-order valence-electron chi connectivity index (χ2n) is 3.40. The van der Waals surface area contributed by atoms with Gasteiger partial charge in [0.25, 0.3) is 10.1 Å². The van der Waals surface area contributed by atoms with E-state index in [2.05, 4.69) is 0 Å². The number of carboxylic acids is 3. The van der Waals surface area contributed by atoms with E-state index in [0.717, 1.165) is 0 Å². The van der Waals surface area contributed by atoms with Crippen LogP contribution in [0.3, 0.4) is 0 Å². The fourth-order valence-electron chi connectivity index (χ4n) is 0.818. The van der Waals surface area contributed by atoms with Gasteiger partial charge in [-0.3, -0.25) is 14.2 Å². The van der Waals surface area contributed by atoms with Crippen LogP contribution in [0.4, 0.5) is 0 Å². The summed E-state index contributed by atoms with van der Waals surface area (Å²) in [5, 5.41) is 28.8. The summed E-state index contributed by atoms with van der Waals surface area (Å²) in [6, 6.07) is -1.22. The minimum atomic E-state index is -3.67. The third kappa shape index (κ3) is 29.3. The Kier molecular flexibility index (Phi) is 26.9. The topological polar surface area (TPSA) is 175 Å². The summed E-state index contributed by atoms with van der Waals surface area (Å²) in [6.07, 6.45) is 0.715. The monoisotopic (exact) mass is 368 g/mol. The molecular formula is C8H13NNa3O9S+. The average molecular weight is 368 g/mol. The van der Waals surface area contributed by atoms with Crippen molar-refractivity contribution >= 4 is 28.0 Å². The van der Waals surface area contributed by atoms with Gasteiger partial charge < -0.3 is 24.9 Å². The largest absolute Gasteiger partial charge is 1.00 e. The minimum absolute atomic E-state index is 0. The molecule has 22 heavy (non-hydrogen) atoms. The van der Waals surface area contributed by atoms with E-state index in [0.29, 0.717) is 11.2 Å². The molecule has 0 heterocycles. The van der Waals surface area contributed by atoms with E-state index in [1.807, 2.05) is 0 Å². The Hall–Kier alpha value is 1.28. The first-order valence-electron chi connectivity index (χ1n) is 4.63. The SMILES string of the molecule is CC(C(=O)O)N(CC(=O)[O-])CC(=O)[O-].CS(=O)(=O)O.[Na+].[Na+].[Na+].